The number of benzene rings is 1. The molecule has 0 spiro atoms. The van der Waals surface area contributed by atoms with Crippen LogP contribution in [0.5, 0.6) is 0 Å². The molecule has 1 aromatic heterocycles. The number of aromatic nitrogens is 1. The first-order valence-corrected chi connectivity index (χ1v) is 9.49. The highest BCUT2D eigenvalue weighted by Gasteiger charge is 2.25. The van der Waals surface area contributed by atoms with E-state index < -0.39 is 16.1 Å². The van der Waals surface area contributed by atoms with Crippen molar-refractivity contribution in [3.05, 3.63) is 36.0 Å². The lowest BCUT2D eigenvalue weighted by atomic mass is 10.0. The number of nitrogens with one attached hydrogen (secondary N) is 1. The maximum atomic E-state index is 12.6. The predicted octanol–water partition coefficient (Wildman–Crippen LogP) is 2.37. The number of sulfonamides is 1. The van der Waals surface area contributed by atoms with E-state index in [0.29, 0.717) is 10.9 Å². The van der Waals surface area contributed by atoms with E-state index in [1.54, 1.807) is 30.5 Å². The summed E-state index contributed by atoms with van der Waals surface area (Å²) in [7, 11) is -3.68. The molecule has 1 atom stereocenters. The van der Waals surface area contributed by atoms with Gasteiger partial charge in [0.1, 0.15) is 0 Å². The number of hydrogen-bond acceptors (Lipinski definition) is 4. The Balaban J connectivity index is 1.84. The topological polar surface area (TPSA) is 79.3 Å². The van der Waals surface area contributed by atoms with E-state index in [1.165, 1.54) is 0 Å². The van der Waals surface area contributed by atoms with Crippen LogP contribution in [0.1, 0.15) is 31.2 Å². The van der Waals surface area contributed by atoms with Gasteiger partial charge in [0, 0.05) is 18.1 Å². The van der Waals surface area contributed by atoms with Gasteiger partial charge in [0.05, 0.1) is 16.5 Å². The molecule has 1 aliphatic rings. The van der Waals surface area contributed by atoms with Crippen molar-refractivity contribution < 1.29 is 13.5 Å². The minimum Gasteiger partial charge on any atom is -0.391 e. The van der Waals surface area contributed by atoms with Gasteiger partial charge >= 0.3 is 0 Å². The molecule has 1 aliphatic carbocycles. The molecule has 124 valence electrons. The molecule has 1 aromatic carbocycles. The average Bonchev–Trinajstić information content (AvgIpc) is 3.07. The number of aliphatic hydroxyl groups is 1. The standard InChI is InChI=1S/C17H22N2O3S/c1-12-8-9-16(14-7-4-10-18-17(12)14)23(21,22)19-11-15(20)13-5-2-3-6-13/h4,7-10,13,15,19-20H,2-3,5-6,11H2,1H3. The Morgan fingerprint density at radius 2 is 2.04 bits per heavy atom. The molecule has 1 saturated carbocycles. The SMILES string of the molecule is Cc1ccc(S(=O)(=O)NCC(O)C2CCCC2)c2cccnc12. The van der Waals surface area contributed by atoms with Gasteiger partial charge < -0.3 is 5.11 Å². The fraction of sp³-hybridized carbons (Fsp3) is 0.471. The van der Waals surface area contributed by atoms with Gasteiger partial charge in [0.15, 0.2) is 0 Å². The molecule has 0 aliphatic heterocycles. The minimum absolute atomic E-state index is 0.0582. The Morgan fingerprint density at radius 1 is 1.30 bits per heavy atom. The lowest BCUT2D eigenvalue weighted by molar-refractivity contribution is 0.115. The van der Waals surface area contributed by atoms with Crippen LogP contribution in [0.15, 0.2) is 35.4 Å². The van der Waals surface area contributed by atoms with Gasteiger partial charge in [0.2, 0.25) is 10.0 Å². The van der Waals surface area contributed by atoms with E-state index in [9.17, 15) is 13.5 Å². The summed E-state index contributed by atoms with van der Waals surface area (Å²) < 4.78 is 27.8. The van der Waals surface area contributed by atoms with Crippen molar-refractivity contribution in [1.82, 2.24) is 9.71 Å². The highest BCUT2D eigenvalue weighted by Crippen LogP contribution is 2.28. The first kappa shape index (κ1) is 16.4. The summed E-state index contributed by atoms with van der Waals surface area (Å²) in [5, 5.41) is 10.8. The molecular formula is C17H22N2O3S. The zero-order chi connectivity index (χ0) is 16.4. The lowest BCUT2D eigenvalue weighted by Gasteiger charge is -2.18. The third kappa shape index (κ3) is 3.39. The Hall–Kier alpha value is -1.50. The fourth-order valence-electron chi connectivity index (χ4n) is 3.30. The van der Waals surface area contributed by atoms with Crippen LogP contribution >= 0.6 is 0 Å². The maximum absolute atomic E-state index is 12.6. The minimum atomic E-state index is -3.68. The first-order chi connectivity index (χ1) is 11.0. The second kappa shape index (κ2) is 6.55. The van der Waals surface area contributed by atoms with Crippen LogP contribution in [-0.4, -0.2) is 31.2 Å². The molecule has 0 saturated heterocycles. The molecule has 0 bridgehead atoms. The molecule has 2 N–H and O–H groups in total. The third-order valence-corrected chi connectivity index (χ3v) is 6.13. The first-order valence-electron chi connectivity index (χ1n) is 8.01. The number of rotatable bonds is 5. The zero-order valence-corrected chi connectivity index (χ0v) is 14.0. The summed E-state index contributed by atoms with van der Waals surface area (Å²) >= 11 is 0. The Labute approximate surface area is 136 Å². The fourth-order valence-corrected chi connectivity index (χ4v) is 4.55. The number of nitrogens with zero attached hydrogens (tertiary/aromatic N) is 1. The van der Waals surface area contributed by atoms with Gasteiger partial charge in [-0.05, 0) is 49.4 Å². The van der Waals surface area contributed by atoms with Crippen molar-refractivity contribution in [2.75, 3.05) is 6.54 Å². The maximum Gasteiger partial charge on any atom is 0.241 e. The van der Waals surface area contributed by atoms with Crippen molar-refractivity contribution in [3.63, 3.8) is 0 Å². The quantitative estimate of drug-likeness (QED) is 0.880. The summed E-state index contributed by atoms with van der Waals surface area (Å²) in [5.74, 6) is 0.203. The summed E-state index contributed by atoms with van der Waals surface area (Å²) in [6.07, 6.45) is 5.21. The van der Waals surface area contributed by atoms with Crippen LogP contribution < -0.4 is 4.72 Å². The number of hydrogen-bond donors (Lipinski definition) is 2. The van der Waals surface area contributed by atoms with Gasteiger partial charge in [-0.3, -0.25) is 4.98 Å². The molecule has 1 unspecified atom stereocenters. The van der Waals surface area contributed by atoms with Crippen molar-refractivity contribution in [1.29, 1.82) is 0 Å². The van der Waals surface area contributed by atoms with Gasteiger partial charge in [-0.15, -0.1) is 0 Å². The van der Waals surface area contributed by atoms with Gasteiger partial charge in [-0.1, -0.05) is 18.9 Å². The van der Waals surface area contributed by atoms with Crippen LogP contribution in [0.25, 0.3) is 10.9 Å². The zero-order valence-electron chi connectivity index (χ0n) is 13.2. The number of pyridine rings is 1. The molecular weight excluding hydrogens is 312 g/mol. The van der Waals surface area contributed by atoms with E-state index in [1.807, 2.05) is 6.92 Å². The number of fused-ring (bicyclic) bond motifs is 1. The molecule has 1 fully saturated rings. The van der Waals surface area contributed by atoms with Gasteiger partial charge in [-0.2, -0.15) is 0 Å². The summed E-state index contributed by atoms with van der Waals surface area (Å²) in [6, 6.07) is 6.85. The van der Waals surface area contributed by atoms with E-state index >= 15 is 0 Å². The van der Waals surface area contributed by atoms with Crippen LogP contribution in [0.4, 0.5) is 0 Å². The van der Waals surface area contributed by atoms with E-state index in [4.69, 9.17) is 0 Å². The van der Waals surface area contributed by atoms with E-state index in [2.05, 4.69) is 9.71 Å². The normalized spacial score (nSPS) is 17.7. The van der Waals surface area contributed by atoms with Gasteiger partial charge in [-0.25, -0.2) is 13.1 Å². The van der Waals surface area contributed by atoms with E-state index in [-0.39, 0.29) is 17.4 Å². The Morgan fingerprint density at radius 3 is 2.78 bits per heavy atom. The largest absolute Gasteiger partial charge is 0.391 e. The average molecular weight is 334 g/mol. The molecule has 5 nitrogen and oxygen atoms in total. The van der Waals surface area contributed by atoms with Crippen LogP contribution in [-0.2, 0) is 10.0 Å². The summed E-state index contributed by atoms with van der Waals surface area (Å²) in [6.45, 7) is 1.96. The van der Waals surface area contributed by atoms with Crippen LogP contribution in [0.3, 0.4) is 0 Å². The molecule has 0 radical (unpaired) electrons. The van der Waals surface area contributed by atoms with Crippen molar-refractivity contribution >= 4 is 20.9 Å². The molecule has 23 heavy (non-hydrogen) atoms. The van der Waals surface area contributed by atoms with Gasteiger partial charge in [0.25, 0.3) is 0 Å². The lowest BCUT2D eigenvalue weighted by Crippen LogP contribution is -2.35. The third-order valence-electron chi connectivity index (χ3n) is 4.65. The van der Waals surface area contributed by atoms with Crippen LogP contribution in [0, 0.1) is 12.8 Å². The molecule has 2 aromatic rings. The highest BCUT2D eigenvalue weighted by atomic mass is 32.2. The highest BCUT2D eigenvalue weighted by molar-refractivity contribution is 7.89. The van der Waals surface area contributed by atoms with Crippen LogP contribution in [0.2, 0.25) is 0 Å². The Kier molecular flexibility index (Phi) is 4.66. The molecule has 0 amide bonds. The smallest absolute Gasteiger partial charge is 0.241 e. The number of aliphatic hydroxyl groups excluding tert-OH is 1. The monoisotopic (exact) mass is 334 g/mol. The predicted molar refractivity (Wildman–Crippen MR) is 89.6 cm³/mol. The second-order valence-electron chi connectivity index (χ2n) is 6.24. The molecule has 6 heteroatoms. The molecule has 1 heterocycles. The number of aryl methyl sites for hydroxylation is 1. The van der Waals surface area contributed by atoms with Crippen molar-refractivity contribution in [2.45, 2.75) is 43.6 Å². The van der Waals surface area contributed by atoms with Crippen molar-refractivity contribution in [3.8, 4) is 0 Å². The van der Waals surface area contributed by atoms with E-state index in [0.717, 1.165) is 31.2 Å². The Bertz CT molecular complexity index is 799. The van der Waals surface area contributed by atoms with Crippen molar-refractivity contribution in [2.24, 2.45) is 5.92 Å². The second-order valence-corrected chi connectivity index (χ2v) is 7.98. The summed E-state index contributed by atoms with van der Waals surface area (Å²) in [5.41, 5.74) is 1.62. The molecule has 3 rings (SSSR count). The summed E-state index contributed by atoms with van der Waals surface area (Å²) in [4.78, 5) is 4.48.